The van der Waals surface area contributed by atoms with Crippen LogP contribution in [-0.2, 0) is 0 Å². The molecule has 24 heavy (non-hydrogen) atoms. The van der Waals surface area contributed by atoms with Crippen LogP contribution in [0.25, 0.3) is 10.9 Å². The third-order valence-electron chi connectivity index (χ3n) is 4.62. The number of piperazine rings is 1. The highest BCUT2D eigenvalue weighted by Crippen LogP contribution is 2.29. The highest BCUT2D eigenvalue weighted by molar-refractivity contribution is 9.10. The summed E-state index contributed by atoms with van der Waals surface area (Å²) in [7, 11) is 2.19. The quantitative estimate of drug-likeness (QED) is 0.803. The molecule has 0 bridgehead atoms. The topological polar surface area (TPSA) is 31.4 Å². The Labute approximate surface area is 157 Å². The van der Waals surface area contributed by atoms with Crippen LogP contribution in [0.4, 0.5) is 5.82 Å². The van der Waals surface area contributed by atoms with E-state index in [4.69, 9.17) is 11.6 Å². The van der Waals surface area contributed by atoms with E-state index >= 15 is 0 Å². The van der Waals surface area contributed by atoms with Crippen LogP contribution < -0.4 is 5.32 Å². The van der Waals surface area contributed by atoms with Gasteiger partial charge in [0.15, 0.2) is 0 Å². The van der Waals surface area contributed by atoms with Gasteiger partial charge >= 0.3 is 0 Å². The van der Waals surface area contributed by atoms with Crippen LogP contribution in [0, 0.1) is 0 Å². The second kappa shape index (κ2) is 8.00. The van der Waals surface area contributed by atoms with E-state index in [-0.39, 0.29) is 0 Å². The number of fused-ring (bicyclic) bond motifs is 1. The molecule has 1 aliphatic rings. The maximum Gasteiger partial charge on any atom is 0.126 e. The lowest BCUT2D eigenvalue weighted by Crippen LogP contribution is -2.45. The Morgan fingerprint density at radius 2 is 1.96 bits per heavy atom. The van der Waals surface area contributed by atoms with Gasteiger partial charge in [-0.25, -0.2) is 4.98 Å². The molecule has 1 aromatic heterocycles. The molecule has 1 N–H and O–H groups in total. The number of rotatable bonds is 5. The zero-order valence-corrected chi connectivity index (χ0v) is 16.6. The normalized spacial score (nSPS) is 18.0. The molecule has 3 rings (SSSR count). The highest BCUT2D eigenvalue weighted by atomic mass is 79.9. The molecule has 0 saturated carbocycles. The minimum Gasteiger partial charge on any atom is -0.368 e. The number of likely N-dealkylation sites (N-methyl/N-ethyl adjacent to an activating group) is 1. The first-order chi connectivity index (χ1) is 11.5. The van der Waals surface area contributed by atoms with Crippen LogP contribution in [0.5, 0.6) is 0 Å². The molecule has 1 saturated heterocycles. The zero-order valence-electron chi connectivity index (χ0n) is 14.2. The monoisotopic (exact) mass is 410 g/mol. The van der Waals surface area contributed by atoms with Crippen molar-refractivity contribution in [2.75, 3.05) is 45.1 Å². The van der Waals surface area contributed by atoms with Gasteiger partial charge < -0.3 is 15.1 Å². The van der Waals surface area contributed by atoms with Crippen LogP contribution in [0.15, 0.2) is 28.7 Å². The van der Waals surface area contributed by atoms with Crippen molar-refractivity contribution in [3.05, 3.63) is 33.8 Å². The van der Waals surface area contributed by atoms with Gasteiger partial charge in [-0.15, -0.1) is 0 Å². The van der Waals surface area contributed by atoms with Crippen molar-refractivity contribution in [3.8, 4) is 0 Å². The molecular formula is C18H24BrClN4. The molecule has 1 aliphatic heterocycles. The van der Waals surface area contributed by atoms with Crippen molar-refractivity contribution in [2.45, 2.75) is 19.4 Å². The maximum absolute atomic E-state index is 6.29. The molecule has 2 aromatic rings. The molecule has 130 valence electrons. The lowest BCUT2D eigenvalue weighted by Gasteiger charge is -2.33. The van der Waals surface area contributed by atoms with E-state index in [0.29, 0.717) is 11.1 Å². The number of hydrogen-bond acceptors (Lipinski definition) is 4. The predicted molar refractivity (Wildman–Crippen MR) is 106 cm³/mol. The minimum atomic E-state index is 0.375. The summed E-state index contributed by atoms with van der Waals surface area (Å²) in [5.41, 5.74) is 0.835. The van der Waals surface area contributed by atoms with Gasteiger partial charge in [0.05, 0.1) is 10.5 Å². The van der Waals surface area contributed by atoms with Crippen LogP contribution in [0.3, 0.4) is 0 Å². The number of nitrogens with one attached hydrogen (secondary N) is 1. The number of aromatic nitrogens is 1. The Bertz CT molecular complexity index is 701. The minimum absolute atomic E-state index is 0.375. The Kier molecular flexibility index (Phi) is 5.98. The SMILES string of the molecule is CC(CCN1CCN(C)CC1)Nc1ccc2c(Br)ccc(Cl)c2n1. The number of pyridine rings is 1. The number of anilines is 1. The van der Waals surface area contributed by atoms with Gasteiger partial charge in [-0.05, 0) is 44.7 Å². The van der Waals surface area contributed by atoms with E-state index in [1.165, 1.54) is 26.2 Å². The average Bonchev–Trinajstić information content (AvgIpc) is 2.58. The summed E-state index contributed by atoms with van der Waals surface area (Å²) >= 11 is 9.84. The Morgan fingerprint density at radius 3 is 2.71 bits per heavy atom. The molecule has 1 unspecified atom stereocenters. The summed E-state index contributed by atoms with van der Waals surface area (Å²) < 4.78 is 1.02. The summed E-state index contributed by atoms with van der Waals surface area (Å²) in [4.78, 5) is 9.62. The van der Waals surface area contributed by atoms with Gasteiger partial charge in [0.25, 0.3) is 0 Å². The fourth-order valence-corrected chi connectivity index (χ4v) is 3.66. The number of benzene rings is 1. The molecule has 0 aliphatic carbocycles. The van der Waals surface area contributed by atoms with Crippen LogP contribution >= 0.6 is 27.5 Å². The molecule has 0 amide bonds. The van der Waals surface area contributed by atoms with E-state index in [9.17, 15) is 0 Å². The van der Waals surface area contributed by atoms with Crippen molar-refractivity contribution >= 4 is 44.3 Å². The first kappa shape index (κ1) is 17.9. The molecule has 1 fully saturated rings. The molecule has 6 heteroatoms. The largest absolute Gasteiger partial charge is 0.368 e. The van der Waals surface area contributed by atoms with E-state index in [2.05, 4.69) is 56.1 Å². The van der Waals surface area contributed by atoms with Crippen molar-refractivity contribution in [3.63, 3.8) is 0 Å². The highest BCUT2D eigenvalue weighted by Gasteiger charge is 2.14. The Balaban J connectivity index is 1.59. The fraction of sp³-hybridized carbons (Fsp3) is 0.500. The molecule has 1 aromatic carbocycles. The first-order valence-corrected chi connectivity index (χ1v) is 9.62. The molecular weight excluding hydrogens is 388 g/mol. The summed E-state index contributed by atoms with van der Waals surface area (Å²) in [6.45, 7) is 8.01. The summed E-state index contributed by atoms with van der Waals surface area (Å²) in [6, 6.07) is 8.30. The van der Waals surface area contributed by atoms with Gasteiger partial charge in [-0.1, -0.05) is 27.5 Å². The summed E-state index contributed by atoms with van der Waals surface area (Å²) in [5.74, 6) is 0.883. The first-order valence-electron chi connectivity index (χ1n) is 8.45. The van der Waals surface area contributed by atoms with Crippen molar-refractivity contribution < 1.29 is 0 Å². The maximum atomic E-state index is 6.29. The molecule has 4 nitrogen and oxygen atoms in total. The van der Waals surface area contributed by atoms with Gasteiger partial charge in [-0.3, -0.25) is 0 Å². The van der Waals surface area contributed by atoms with Gasteiger partial charge in [0, 0.05) is 48.6 Å². The summed E-state index contributed by atoms with van der Waals surface area (Å²) in [5, 5.41) is 5.23. The number of nitrogens with zero attached hydrogens (tertiary/aromatic N) is 3. The van der Waals surface area contributed by atoms with Crippen LogP contribution in [0.2, 0.25) is 5.02 Å². The van der Waals surface area contributed by atoms with Gasteiger partial charge in [0.1, 0.15) is 5.82 Å². The van der Waals surface area contributed by atoms with Crippen molar-refractivity contribution in [1.29, 1.82) is 0 Å². The van der Waals surface area contributed by atoms with E-state index in [1.54, 1.807) is 0 Å². The molecule has 0 spiro atoms. The second-order valence-corrected chi connectivity index (χ2v) is 7.86. The van der Waals surface area contributed by atoms with Gasteiger partial charge in [-0.2, -0.15) is 0 Å². The molecule has 2 heterocycles. The fourth-order valence-electron chi connectivity index (χ4n) is 3.00. The van der Waals surface area contributed by atoms with Crippen LogP contribution in [-0.4, -0.2) is 60.6 Å². The Morgan fingerprint density at radius 1 is 1.21 bits per heavy atom. The van der Waals surface area contributed by atoms with E-state index < -0.39 is 0 Å². The second-order valence-electron chi connectivity index (χ2n) is 6.60. The van der Waals surface area contributed by atoms with E-state index in [1.807, 2.05) is 18.2 Å². The van der Waals surface area contributed by atoms with Crippen molar-refractivity contribution in [1.82, 2.24) is 14.8 Å². The Hall–Kier alpha value is -0.880. The standard InChI is InChI=1S/C18H24BrClN4/c1-13(7-8-24-11-9-23(2)10-12-24)21-17-6-3-14-15(19)4-5-16(20)18(14)22-17/h3-6,13H,7-12H2,1-2H3,(H,21,22). The zero-order chi connectivity index (χ0) is 17.1. The smallest absolute Gasteiger partial charge is 0.126 e. The predicted octanol–water partition coefficient (Wildman–Crippen LogP) is 4.09. The van der Waals surface area contributed by atoms with E-state index in [0.717, 1.165) is 34.2 Å². The summed E-state index contributed by atoms with van der Waals surface area (Å²) in [6.07, 6.45) is 1.11. The van der Waals surface area contributed by atoms with Gasteiger partial charge in [0.2, 0.25) is 0 Å². The lowest BCUT2D eigenvalue weighted by molar-refractivity contribution is 0.151. The third kappa shape index (κ3) is 4.39. The number of halogens is 2. The lowest BCUT2D eigenvalue weighted by atomic mass is 10.2. The average molecular weight is 412 g/mol. The number of hydrogen-bond donors (Lipinski definition) is 1. The molecule has 1 atom stereocenters. The molecule has 0 radical (unpaired) electrons. The van der Waals surface area contributed by atoms with Crippen molar-refractivity contribution in [2.24, 2.45) is 0 Å². The van der Waals surface area contributed by atoms with Crippen LogP contribution in [0.1, 0.15) is 13.3 Å². The third-order valence-corrected chi connectivity index (χ3v) is 5.62.